The molecule has 0 spiro atoms. The Bertz CT molecular complexity index is 437. The van der Waals surface area contributed by atoms with Crippen LogP contribution in [0.25, 0.3) is 11.1 Å². The minimum absolute atomic E-state index is 0.770. The van der Waals surface area contributed by atoms with Crippen molar-refractivity contribution in [2.45, 2.75) is 0 Å². The van der Waals surface area contributed by atoms with Crippen LogP contribution >= 0.6 is 11.6 Å². The summed E-state index contributed by atoms with van der Waals surface area (Å²) < 4.78 is 0.992. The molecule has 0 aliphatic heterocycles. The summed E-state index contributed by atoms with van der Waals surface area (Å²) in [6.07, 6.45) is 0. The molecular formula is C12H8ClSe. The molecule has 0 bridgehead atoms. The summed E-state index contributed by atoms with van der Waals surface area (Å²) in [5, 5.41) is 0.770. The average molecular weight is 267 g/mol. The van der Waals surface area contributed by atoms with Crippen molar-refractivity contribution >= 4 is 32.1 Å². The molecule has 0 heterocycles. The van der Waals surface area contributed by atoms with Gasteiger partial charge >= 0.3 is 96.8 Å². The predicted octanol–water partition coefficient (Wildman–Crippen LogP) is 2.80. The van der Waals surface area contributed by atoms with Crippen molar-refractivity contribution in [3.8, 4) is 11.1 Å². The SMILES string of the molecule is Clc1cc(-c2ccccc2)ccc1[Se]. The summed E-state index contributed by atoms with van der Waals surface area (Å²) in [5.41, 5.74) is 2.34. The third-order valence-corrected chi connectivity index (χ3v) is 3.35. The van der Waals surface area contributed by atoms with Gasteiger partial charge in [-0.3, -0.25) is 0 Å². The van der Waals surface area contributed by atoms with Crippen molar-refractivity contribution in [2.75, 3.05) is 0 Å². The molecular weight excluding hydrogens is 259 g/mol. The van der Waals surface area contributed by atoms with Crippen molar-refractivity contribution < 1.29 is 0 Å². The van der Waals surface area contributed by atoms with Crippen LogP contribution in [0, 0.1) is 0 Å². The first-order valence-corrected chi connectivity index (χ1v) is 5.53. The van der Waals surface area contributed by atoms with Gasteiger partial charge in [0.2, 0.25) is 0 Å². The third-order valence-electron chi connectivity index (χ3n) is 2.04. The zero-order valence-corrected chi connectivity index (χ0v) is 9.87. The number of hydrogen-bond acceptors (Lipinski definition) is 0. The predicted molar refractivity (Wildman–Crippen MR) is 62.3 cm³/mol. The van der Waals surface area contributed by atoms with Gasteiger partial charge in [0.1, 0.15) is 0 Å². The van der Waals surface area contributed by atoms with E-state index < -0.39 is 0 Å². The number of hydrogen-bond donors (Lipinski definition) is 0. The molecule has 1 radical (unpaired) electrons. The van der Waals surface area contributed by atoms with Crippen LogP contribution in [0.4, 0.5) is 0 Å². The molecule has 2 aromatic carbocycles. The molecule has 0 nitrogen and oxygen atoms in total. The number of benzene rings is 2. The zero-order chi connectivity index (χ0) is 9.97. The maximum absolute atomic E-state index is 6.03. The summed E-state index contributed by atoms with van der Waals surface area (Å²) in [6, 6.07) is 16.2. The van der Waals surface area contributed by atoms with Crippen LogP contribution < -0.4 is 4.46 Å². The van der Waals surface area contributed by atoms with E-state index in [0.717, 1.165) is 15.0 Å². The Hall–Kier alpha value is -0.751. The van der Waals surface area contributed by atoms with Crippen LogP contribution in [-0.2, 0) is 0 Å². The molecule has 2 heteroatoms. The van der Waals surface area contributed by atoms with Crippen LogP contribution in [-0.4, -0.2) is 16.0 Å². The summed E-state index contributed by atoms with van der Waals surface area (Å²) in [7, 11) is 0. The Labute approximate surface area is 96.7 Å². The Morgan fingerprint density at radius 1 is 0.857 bits per heavy atom. The minimum atomic E-state index is 0.770. The van der Waals surface area contributed by atoms with Gasteiger partial charge in [-0.15, -0.1) is 0 Å². The monoisotopic (exact) mass is 267 g/mol. The fourth-order valence-corrected chi connectivity index (χ4v) is 1.76. The molecule has 0 unspecified atom stereocenters. The topological polar surface area (TPSA) is 0 Å². The van der Waals surface area contributed by atoms with E-state index >= 15 is 0 Å². The fourth-order valence-electron chi connectivity index (χ4n) is 1.31. The van der Waals surface area contributed by atoms with E-state index in [1.807, 2.05) is 30.3 Å². The Morgan fingerprint density at radius 2 is 1.57 bits per heavy atom. The molecule has 0 saturated heterocycles. The fraction of sp³-hybridized carbons (Fsp3) is 0. The van der Waals surface area contributed by atoms with Crippen LogP contribution in [0.3, 0.4) is 0 Å². The average Bonchev–Trinajstić information content (AvgIpc) is 2.23. The van der Waals surface area contributed by atoms with Crippen molar-refractivity contribution in [3.63, 3.8) is 0 Å². The van der Waals surface area contributed by atoms with Gasteiger partial charge in [0.05, 0.1) is 0 Å². The van der Waals surface area contributed by atoms with Crippen molar-refractivity contribution in [1.82, 2.24) is 0 Å². The van der Waals surface area contributed by atoms with Gasteiger partial charge in [0.15, 0.2) is 0 Å². The standard InChI is InChI=1S/C12H8ClSe/c13-11-8-10(6-7-12(11)14)9-4-2-1-3-5-9/h1-8H. The molecule has 0 amide bonds. The maximum atomic E-state index is 6.03. The second-order valence-electron chi connectivity index (χ2n) is 3.01. The molecule has 0 aliphatic carbocycles. The molecule has 2 rings (SSSR count). The van der Waals surface area contributed by atoms with Gasteiger partial charge < -0.3 is 0 Å². The first-order valence-electron chi connectivity index (χ1n) is 4.29. The van der Waals surface area contributed by atoms with Crippen molar-refractivity contribution in [1.29, 1.82) is 0 Å². The molecule has 2 aromatic rings. The summed E-state index contributed by atoms with van der Waals surface area (Å²) in [5.74, 6) is 0. The van der Waals surface area contributed by atoms with Crippen LogP contribution in [0.1, 0.15) is 0 Å². The van der Waals surface area contributed by atoms with Gasteiger partial charge in [-0.25, -0.2) is 0 Å². The summed E-state index contributed by atoms with van der Waals surface area (Å²) in [4.78, 5) is 0. The van der Waals surface area contributed by atoms with Gasteiger partial charge in [0, 0.05) is 0 Å². The quantitative estimate of drug-likeness (QED) is 0.696. The van der Waals surface area contributed by atoms with E-state index in [-0.39, 0.29) is 0 Å². The summed E-state index contributed by atoms with van der Waals surface area (Å²) >= 11 is 8.95. The van der Waals surface area contributed by atoms with E-state index in [9.17, 15) is 0 Å². The van der Waals surface area contributed by atoms with Gasteiger partial charge in [-0.05, 0) is 0 Å². The molecule has 0 fully saturated rings. The first kappa shape index (κ1) is 9.79. The van der Waals surface area contributed by atoms with E-state index in [2.05, 4.69) is 34.2 Å². The van der Waals surface area contributed by atoms with Crippen LogP contribution in [0.2, 0.25) is 5.02 Å². The van der Waals surface area contributed by atoms with Crippen LogP contribution in [0.5, 0.6) is 0 Å². The summed E-state index contributed by atoms with van der Waals surface area (Å²) in [6.45, 7) is 0. The molecule has 0 atom stereocenters. The molecule has 14 heavy (non-hydrogen) atoms. The molecule has 0 aromatic heterocycles. The molecule has 0 saturated carbocycles. The molecule has 0 aliphatic rings. The molecule has 0 N–H and O–H groups in total. The van der Waals surface area contributed by atoms with Gasteiger partial charge in [-0.2, -0.15) is 0 Å². The number of halogens is 1. The van der Waals surface area contributed by atoms with E-state index in [0.29, 0.717) is 0 Å². The normalized spacial score (nSPS) is 10.1. The van der Waals surface area contributed by atoms with E-state index in [4.69, 9.17) is 11.6 Å². The third kappa shape index (κ3) is 2.01. The second-order valence-corrected chi connectivity index (χ2v) is 4.34. The van der Waals surface area contributed by atoms with Gasteiger partial charge in [0.25, 0.3) is 0 Å². The first-order chi connectivity index (χ1) is 6.77. The Balaban J connectivity index is 2.48. The molecule has 69 valence electrons. The van der Waals surface area contributed by atoms with Crippen molar-refractivity contribution in [3.05, 3.63) is 53.6 Å². The van der Waals surface area contributed by atoms with Crippen LogP contribution in [0.15, 0.2) is 48.5 Å². The Morgan fingerprint density at radius 3 is 2.21 bits per heavy atom. The van der Waals surface area contributed by atoms with E-state index in [1.165, 1.54) is 5.56 Å². The number of rotatable bonds is 1. The van der Waals surface area contributed by atoms with E-state index in [1.54, 1.807) is 0 Å². The zero-order valence-electron chi connectivity index (χ0n) is 7.41. The second kappa shape index (κ2) is 4.18. The Kier molecular flexibility index (Phi) is 2.93. The van der Waals surface area contributed by atoms with Crippen molar-refractivity contribution in [2.24, 2.45) is 0 Å². The van der Waals surface area contributed by atoms with Gasteiger partial charge in [-0.1, -0.05) is 0 Å².